The van der Waals surface area contributed by atoms with Crippen molar-refractivity contribution in [2.75, 3.05) is 18.1 Å². The van der Waals surface area contributed by atoms with E-state index in [1.807, 2.05) is 0 Å². The molecule has 0 radical (unpaired) electrons. The van der Waals surface area contributed by atoms with Crippen molar-refractivity contribution in [3.63, 3.8) is 0 Å². The first-order valence-electron chi connectivity index (χ1n) is 10.1. The number of carbonyl (C=O) groups excluding carboxylic acids is 1. The van der Waals surface area contributed by atoms with E-state index < -0.39 is 17.9 Å². The molecule has 2 fully saturated rings. The maximum Gasteiger partial charge on any atom is 0.502 e. The number of halogens is 3. The molecular formula is C21H29F3N2O3. The Balaban J connectivity index is 1.89. The summed E-state index contributed by atoms with van der Waals surface area (Å²) in [6.45, 7) is 7.34. The number of anilines is 1. The number of fused-ring (bicyclic) bond motifs is 1. The number of rotatable bonds is 5. The van der Waals surface area contributed by atoms with E-state index in [0.717, 1.165) is 25.7 Å². The second-order valence-electron chi connectivity index (χ2n) is 8.48. The molecule has 0 amide bonds. The van der Waals surface area contributed by atoms with Crippen LogP contribution in [0, 0.1) is 12.7 Å². The molecule has 2 atom stereocenters. The number of esters is 1. The molecule has 0 bridgehead atoms. The van der Waals surface area contributed by atoms with Gasteiger partial charge in [-0.15, -0.1) is 0 Å². The van der Waals surface area contributed by atoms with Crippen LogP contribution in [0.4, 0.5) is 18.9 Å². The summed E-state index contributed by atoms with van der Waals surface area (Å²) in [6.07, 6.45) is 0.00640. The minimum absolute atomic E-state index is 0.0600. The van der Waals surface area contributed by atoms with Crippen molar-refractivity contribution in [3.05, 3.63) is 23.5 Å². The molecular weight excluding hydrogens is 385 g/mol. The first-order chi connectivity index (χ1) is 13.6. The van der Waals surface area contributed by atoms with E-state index >= 15 is 4.39 Å². The Hall–Kier alpha value is -1.96. The highest BCUT2D eigenvalue weighted by Gasteiger charge is 2.45. The van der Waals surface area contributed by atoms with E-state index in [2.05, 4.69) is 33.5 Å². The summed E-state index contributed by atoms with van der Waals surface area (Å²) in [5, 5.41) is 3.66. The van der Waals surface area contributed by atoms with Gasteiger partial charge in [-0.05, 0) is 52.7 Å². The van der Waals surface area contributed by atoms with Gasteiger partial charge in [0.2, 0.25) is 0 Å². The monoisotopic (exact) mass is 414 g/mol. The molecule has 3 rings (SSSR count). The van der Waals surface area contributed by atoms with Crippen molar-refractivity contribution < 1.29 is 27.4 Å². The Morgan fingerprint density at radius 1 is 1.31 bits per heavy atom. The quantitative estimate of drug-likeness (QED) is 0.733. The highest BCUT2D eigenvalue weighted by molar-refractivity contribution is 5.76. The Morgan fingerprint density at radius 3 is 2.69 bits per heavy atom. The summed E-state index contributed by atoms with van der Waals surface area (Å²) >= 11 is 0. The highest BCUT2D eigenvalue weighted by atomic mass is 19.3. The lowest BCUT2D eigenvalue weighted by Crippen LogP contribution is -2.67. The summed E-state index contributed by atoms with van der Waals surface area (Å²) < 4.78 is 52.0. The fourth-order valence-corrected chi connectivity index (χ4v) is 4.39. The van der Waals surface area contributed by atoms with Crippen LogP contribution >= 0.6 is 0 Å². The molecule has 1 aliphatic carbocycles. The lowest BCUT2D eigenvalue weighted by atomic mass is 9.83. The van der Waals surface area contributed by atoms with E-state index in [0.29, 0.717) is 12.2 Å². The van der Waals surface area contributed by atoms with Crippen molar-refractivity contribution in [1.29, 1.82) is 0 Å². The Morgan fingerprint density at radius 2 is 2.00 bits per heavy atom. The van der Waals surface area contributed by atoms with Crippen LogP contribution < -0.4 is 15.0 Å². The van der Waals surface area contributed by atoms with Crippen molar-refractivity contribution in [2.45, 2.75) is 77.1 Å². The Kier molecular flexibility index (Phi) is 6.03. The van der Waals surface area contributed by atoms with Crippen LogP contribution in [0.15, 0.2) is 12.1 Å². The van der Waals surface area contributed by atoms with Crippen LogP contribution in [0.25, 0.3) is 0 Å². The number of benzene rings is 1. The Bertz CT molecular complexity index is 770. The molecule has 162 valence electrons. The van der Waals surface area contributed by atoms with E-state index in [4.69, 9.17) is 0 Å². The average Bonchev–Trinajstić information content (AvgIpc) is 2.64. The number of hydrogen-bond donors (Lipinski definition) is 1. The third kappa shape index (κ3) is 4.47. The molecule has 2 aliphatic rings. The van der Waals surface area contributed by atoms with Crippen LogP contribution in [0.5, 0.6) is 5.75 Å². The molecule has 1 saturated heterocycles. The minimum atomic E-state index is -4.18. The zero-order valence-electron chi connectivity index (χ0n) is 17.4. The van der Waals surface area contributed by atoms with Gasteiger partial charge in [-0.25, -0.2) is 9.18 Å². The fraction of sp³-hybridized carbons (Fsp3) is 0.667. The number of ether oxygens (including phenoxy) is 2. The molecule has 29 heavy (non-hydrogen) atoms. The van der Waals surface area contributed by atoms with E-state index in [-0.39, 0.29) is 35.5 Å². The molecule has 0 aromatic heterocycles. The van der Waals surface area contributed by atoms with Crippen LogP contribution in [-0.2, 0) is 9.53 Å². The normalized spacial score (nSPS) is 24.0. The Labute approximate surface area is 169 Å². The summed E-state index contributed by atoms with van der Waals surface area (Å²) in [6, 6.07) is 3.18. The molecule has 1 heterocycles. The molecule has 5 nitrogen and oxygen atoms in total. The van der Waals surface area contributed by atoms with Crippen molar-refractivity contribution >= 4 is 11.7 Å². The lowest BCUT2D eigenvalue weighted by molar-refractivity contribution is -0.216. The molecule has 0 spiro atoms. The van der Waals surface area contributed by atoms with Gasteiger partial charge in [-0.3, -0.25) is 0 Å². The number of nitrogens with one attached hydrogen (secondary N) is 1. The molecule has 1 aliphatic heterocycles. The highest BCUT2D eigenvalue weighted by Crippen LogP contribution is 2.38. The van der Waals surface area contributed by atoms with E-state index in [1.165, 1.54) is 26.0 Å². The summed E-state index contributed by atoms with van der Waals surface area (Å²) in [5.74, 6) is -2.78. The number of alkyl halides is 2. The van der Waals surface area contributed by atoms with Gasteiger partial charge in [-0.1, -0.05) is 12.8 Å². The predicted octanol–water partition coefficient (Wildman–Crippen LogP) is 4.17. The van der Waals surface area contributed by atoms with Crippen molar-refractivity contribution in [1.82, 2.24) is 5.32 Å². The largest absolute Gasteiger partial charge is 0.502 e. The van der Waals surface area contributed by atoms with Gasteiger partial charge >= 0.3 is 12.1 Å². The second-order valence-corrected chi connectivity index (χ2v) is 8.48. The number of nitrogens with zero attached hydrogens (tertiary/aromatic N) is 1. The zero-order chi connectivity index (χ0) is 21.4. The smallest absolute Gasteiger partial charge is 0.459 e. The van der Waals surface area contributed by atoms with Gasteiger partial charge in [0, 0.05) is 29.7 Å². The topological polar surface area (TPSA) is 50.8 Å². The van der Waals surface area contributed by atoms with Crippen LogP contribution in [0.3, 0.4) is 0 Å². The van der Waals surface area contributed by atoms with Gasteiger partial charge in [0.1, 0.15) is 5.75 Å². The number of hydrogen-bond acceptors (Lipinski definition) is 5. The second kappa shape index (κ2) is 8.05. The van der Waals surface area contributed by atoms with Gasteiger partial charge in [-0.2, -0.15) is 8.78 Å². The lowest BCUT2D eigenvalue weighted by Gasteiger charge is -2.52. The third-order valence-corrected chi connectivity index (χ3v) is 5.65. The zero-order valence-corrected chi connectivity index (χ0v) is 17.4. The van der Waals surface area contributed by atoms with Gasteiger partial charge < -0.3 is 19.7 Å². The molecule has 1 aromatic rings. The SMILES string of the molecule is CCOC(=O)C(F)(F)Oc1ccc(N2CC(C)(C)N[C@@H]3CCCC[C@@H]32)c(F)c1C. The van der Waals surface area contributed by atoms with E-state index in [9.17, 15) is 13.6 Å². The first kappa shape index (κ1) is 21.7. The van der Waals surface area contributed by atoms with Crippen LogP contribution in [0.1, 0.15) is 52.0 Å². The molecule has 0 unspecified atom stereocenters. The van der Waals surface area contributed by atoms with Crippen molar-refractivity contribution in [3.8, 4) is 5.75 Å². The first-order valence-corrected chi connectivity index (χ1v) is 10.1. The van der Waals surface area contributed by atoms with E-state index in [1.54, 1.807) is 0 Å². The molecule has 1 N–H and O–H groups in total. The third-order valence-electron chi connectivity index (χ3n) is 5.65. The maximum atomic E-state index is 15.3. The maximum absolute atomic E-state index is 15.3. The fourth-order valence-electron chi connectivity index (χ4n) is 4.39. The summed E-state index contributed by atoms with van der Waals surface area (Å²) in [4.78, 5) is 13.5. The van der Waals surface area contributed by atoms with Gasteiger partial charge in [0.05, 0.1) is 12.3 Å². The summed E-state index contributed by atoms with van der Waals surface area (Å²) in [5.41, 5.74) is 0.112. The van der Waals surface area contributed by atoms with Gasteiger partial charge in [0.25, 0.3) is 0 Å². The number of piperazine rings is 1. The number of carbonyl (C=O) groups is 1. The van der Waals surface area contributed by atoms with Crippen molar-refractivity contribution in [2.24, 2.45) is 0 Å². The molecule has 1 saturated carbocycles. The van der Waals surface area contributed by atoms with Crippen LogP contribution in [0.2, 0.25) is 0 Å². The van der Waals surface area contributed by atoms with Crippen LogP contribution in [-0.4, -0.2) is 42.9 Å². The average molecular weight is 414 g/mol. The molecule has 1 aromatic carbocycles. The predicted molar refractivity (Wildman–Crippen MR) is 104 cm³/mol. The van der Waals surface area contributed by atoms with Gasteiger partial charge in [0.15, 0.2) is 5.82 Å². The molecule has 8 heteroatoms. The minimum Gasteiger partial charge on any atom is -0.459 e. The summed E-state index contributed by atoms with van der Waals surface area (Å²) in [7, 11) is 0. The standard InChI is InChI=1S/C21H29F3N2O3/c1-5-28-19(27)21(23,24)29-17-11-10-16(18(22)13(17)2)26-12-20(3,4)25-14-8-6-7-9-15(14)26/h10-11,14-15,25H,5-9,12H2,1-4H3/t14-,15+/m1/s1.